The van der Waals surface area contributed by atoms with Crippen molar-refractivity contribution in [2.24, 2.45) is 0 Å². The van der Waals surface area contributed by atoms with E-state index in [1.807, 2.05) is 0 Å². The normalized spacial score (nSPS) is 11.4. The molecule has 0 amide bonds. The second kappa shape index (κ2) is 4.83. The molecule has 3 nitrogen and oxygen atoms in total. The minimum absolute atomic E-state index is 0.218. The van der Waals surface area contributed by atoms with E-state index in [2.05, 4.69) is 4.74 Å². The summed E-state index contributed by atoms with van der Waals surface area (Å²) in [5.74, 6) is -6.88. The van der Waals surface area contributed by atoms with Crippen LogP contribution in [0.3, 0.4) is 0 Å². The van der Waals surface area contributed by atoms with E-state index in [1.54, 1.807) is 0 Å². The van der Waals surface area contributed by atoms with Gasteiger partial charge in [0.05, 0.1) is 17.2 Å². The van der Waals surface area contributed by atoms with Crippen molar-refractivity contribution in [2.75, 3.05) is 12.3 Å². The maximum absolute atomic E-state index is 13.5. The summed E-state index contributed by atoms with van der Waals surface area (Å²) in [5, 5.41) is -0.397. The standard InChI is InChI=1S/C10H9ClF3NO2/c1-2-17-9(16)10(13,14)5-3-7(12)6(11)4-8(5)15/h3-4H,2,15H2,1H3. The highest BCUT2D eigenvalue weighted by atomic mass is 35.5. The average Bonchev–Trinajstić information content (AvgIpc) is 2.23. The van der Waals surface area contributed by atoms with Gasteiger partial charge in [0.2, 0.25) is 0 Å². The number of hydrogen-bond donors (Lipinski definition) is 1. The zero-order valence-electron chi connectivity index (χ0n) is 8.77. The predicted octanol–water partition coefficient (Wildman–Crippen LogP) is 2.72. The second-order valence-corrected chi connectivity index (χ2v) is 3.56. The van der Waals surface area contributed by atoms with E-state index in [-0.39, 0.29) is 6.61 Å². The summed E-state index contributed by atoms with van der Waals surface area (Å²) in [7, 11) is 0. The highest BCUT2D eigenvalue weighted by Gasteiger charge is 2.44. The van der Waals surface area contributed by atoms with Gasteiger partial charge in [-0.15, -0.1) is 0 Å². The first-order valence-corrected chi connectivity index (χ1v) is 4.98. The van der Waals surface area contributed by atoms with Gasteiger partial charge in [0.15, 0.2) is 0 Å². The minimum atomic E-state index is -4.01. The monoisotopic (exact) mass is 267 g/mol. The van der Waals surface area contributed by atoms with E-state index >= 15 is 0 Å². The molecule has 7 heteroatoms. The lowest BCUT2D eigenvalue weighted by molar-refractivity contribution is -0.173. The molecule has 0 bridgehead atoms. The predicted molar refractivity (Wildman–Crippen MR) is 56.3 cm³/mol. The van der Waals surface area contributed by atoms with Crippen LogP contribution in [0.4, 0.5) is 18.9 Å². The summed E-state index contributed by atoms with van der Waals surface area (Å²) < 4.78 is 44.3. The van der Waals surface area contributed by atoms with Crippen LogP contribution in [-0.4, -0.2) is 12.6 Å². The van der Waals surface area contributed by atoms with Crippen molar-refractivity contribution in [1.29, 1.82) is 0 Å². The maximum atomic E-state index is 13.5. The summed E-state index contributed by atoms with van der Waals surface area (Å²) in [6.07, 6.45) is 0. The van der Waals surface area contributed by atoms with E-state index in [1.165, 1.54) is 6.92 Å². The van der Waals surface area contributed by atoms with Crippen LogP contribution in [0, 0.1) is 5.82 Å². The van der Waals surface area contributed by atoms with Gasteiger partial charge < -0.3 is 10.5 Å². The Kier molecular flexibility index (Phi) is 3.87. The molecule has 1 aromatic rings. The minimum Gasteiger partial charge on any atom is -0.461 e. The van der Waals surface area contributed by atoms with Crippen LogP contribution in [0.1, 0.15) is 12.5 Å². The Morgan fingerprint density at radius 2 is 2.12 bits per heavy atom. The molecule has 0 aliphatic rings. The van der Waals surface area contributed by atoms with Gasteiger partial charge in [0.25, 0.3) is 0 Å². The van der Waals surface area contributed by atoms with Crippen molar-refractivity contribution >= 4 is 23.3 Å². The lowest BCUT2D eigenvalue weighted by Gasteiger charge is -2.17. The number of anilines is 1. The van der Waals surface area contributed by atoms with Crippen molar-refractivity contribution in [1.82, 2.24) is 0 Å². The number of alkyl halides is 2. The number of hydrogen-bond acceptors (Lipinski definition) is 3. The van der Waals surface area contributed by atoms with Crippen molar-refractivity contribution in [3.8, 4) is 0 Å². The molecule has 0 aromatic heterocycles. The van der Waals surface area contributed by atoms with E-state index < -0.39 is 34.0 Å². The Balaban J connectivity index is 3.23. The topological polar surface area (TPSA) is 52.3 Å². The molecule has 0 aliphatic carbocycles. The highest BCUT2D eigenvalue weighted by Crippen LogP contribution is 2.36. The molecule has 0 heterocycles. The summed E-state index contributed by atoms with van der Waals surface area (Å²) in [4.78, 5) is 11.0. The summed E-state index contributed by atoms with van der Waals surface area (Å²) >= 11 is 5.36. The zero-order chi connectivity index (χ0) is 13.2. The van der Waals surface area contributed by atoms with Crippen LogP contribution in [0.25, 0.3) is 0 Å². The van der Waals surface area contributed by atoms with Gasteiger partial charge in [-0.25, -0.2) is 9.18 Å². The van der Waals surface area contributed by atoms with Gasteiger partial charge in [-0.1, -0.05) is 11.6 Å². The van der Waals surface area contributed by atoms with Gasteiger partial charge in [-0.2, -0.15) is 8.78 Å². The summed E-state index contributed by atoms with van der Waals surface area (Å²) in [6, 6.07) is 1.24. The van der Waals surface area contributed by atoms with Crippen molar-refractivity contribution in [3.63, 3.8) is 0 Å². The van der Waals surface area contributed by atoms with Crippen molar-refractivity contribution in [2.45, 2.75) is 12.8 Å². The van der Waals surface area contributed by atoms with E-state index in [0.29, 0.717) is 6.07 Å². The third kappa shape index (κ3) is 2.63. The number of nitrogens with two attached hydrogens (primary N) is 1. The molecule has 17 heavy (non-hydrogen) atoms. The fraction of sp³-hybridized carbons (Fsp3) is 0.300. The number of rotatable bonds is 3. The summed E-state index contributed by atoms with van der Waals surface area (Å²) in [6.45, 7) is 1.16. The number of esters is 1. The first-order valence-electron chi connectivity index (χ1n) is 4.60. The van der Waals surface area contributed by atoms with E-state index in [9.17, 15) is 18.0 Å². The molecular formula is C10H9ClF3NO2. The zero-order valence-corrected chi connectivity index (χ0v) is 9.52. The van der Waals surface area contributed by atoms with Crippen molar-refractivity contribution in [3.05, 3.63) is 28.5 Å². The van der Waals surface area contributed by atoms with Crippen molar-refractivity contribution < 1.29 is 22.7 Å². The number of ether oxygens (including phenoxy) is 1. The lowest BCUT2D eigenvalue weighted by atomic mass is 10.1. The average molecular weight is 268 g/mol. The molecule has 2 N–H and O–H groups in total. The van der Waals surface area contributed by atoms with E-state index in [4.69, 9.17) is 17.3 Å². The lowest BCUT2D eigenvalue weighted by Crippen LogP contribution is -2.29. The molecule has 0 spiro atoms. The van der Waals surface area contributed by atoms with Crippen LogP contribution >= 0.6 is 11.6 Å². The second-order valence-electron chi connectivity index (χ2n) is 3.15. The third-order valence-corrected chi connectivity index (χ3v) is 2.25. The molecular weight excluding hydrogens is 259 g/mol. The number of halogens is 4. The molecule has 0 saturated carbocycles. The van der Waals surface area contributed by atoms with Gasteiger partial charge in [0.1, 0.15) is 5.82 Å². The van der Waals surface area contributed by atoms with Gasteiger partial charge >= 0.3 is 11.9 Å². The molecule has 0 radical (unpaired) electrons. The Hall–Kier alpha value is -1.43. The first kappa shape index (κ1) is 13.6. The van der Waals surface area contributed by atoms with Crippen LogP contribution in [0.2, 0.25) is 5.02 Å². The highest BCUT2D eigenvalue weighted by molar-refractivity contribution is 6.31. The van der Waals surface area contributed by atoms with E-state index in [0.717, 1.165) is 6.07 Å². The quantitative estimate of drug-likeness (QED) is 0.677. The number of carbonyl (C=O) groups excluding carboxylic acids is 1. The van der Waals surface area contributed by atoms with Crippen LogP contribution in [0.5, 0.6) is 0 Å². The third-order valence-electron chi connectivity index (χ3n) is 1.96. The number of benzene rings is 1. The van der Waals surface area contributed by atoms with Crippen LogP contribution in [0.15, 0.2) is 12.1 Å². The molecule has 0 aliphatic heterocycles. The number of carbonyl (C=O) groups is 1. The smallest absolute Gasteiger partial charge is 0.382 e. The fourth-order valence-electron chi connectivity index (χ4n) is 1.17. The molecule has 0 fully saturated rings. The fourth-order valence-corrected chi connectivity index (χ4v) is 1.34. The number of nitrogen functional groups attached to an aromatic ring is 1. The molecule has 0 unspecified atom stereocenters. The Morgan fingerprint density at radius 1 is 1.53 bits per heavy atom. The molecule has 0 saturated heterocycles. The Labute approximate surface area is 100 Å². The van der Waals surface area contributed by atoms with Gasteiger partial charge in [0, 0.05) is 5.69 Å². The van der Waals surface area contributed by atoms with Gasteiger partial charge in [-0.05, 0) is 19.1 Å². The SMILES string of the molecule is CCOC(=O)C(F)(F)c1cc(F)c(Cl)cc1N. The Morgan fingerprint density at radius 3 is 2.65 bits per heavy atom. The Bertz CT molecular complexity index is 451. The first-order chi connectivity index (χ1) is 7.80. The van der Waals surface area contributed by atoms with Crippen LogP contribution in [-0.2, 0) is 15.5 Å². The maximum Gasteiger partial charge on any atom is 0.382 e. The molecule has 94 valence electrons. The molecule has 1 aromatic carbocycles. The molecule has 0 atom stereocenters. The molecule has 1 rings (SSSR count). The van der Waals surface area contributed by atoms with Crippen LogP contribution < -0.4 is 5.73 Å². The summed E-state index contributed by atoms with van der Waals surface area (Å²) in [5.41, 5.74) is 3.83. The van der Waals surface area contributed by atoms with Gasteiger partial charge in [-0.3, -0.25) is 0 Å². The largest absolute Gasteiger partial charge is 0.461 e.